The van der Waals surface area contributed by atoms with Gasteiger partial charge < -0.3 is 21.3 Å². The molecule has 0 spiro atoms. The summed E-state index contributed by atoms with van der Waals surface area (Å²) in [7, 11) is 0. The van der Waals surface area contributed by atoms with Crippen molar-refractivity contribution in [2.24, 2.45) is 16.6 Å². The molecule has 0 bridgehead atoms. The summed E-state index contributed by atoms with van der Waals surface area (Å²) >= 11 is 1.36. The Balaban J connectivity index is 0.000000437. The van der Waals surface area contributed by atoms with Crippen LogP contribution in [0.3, 0.4) is 0 Å². The molecule has 1 heterocycles. The van der Waals surface area contributed by atoms with Gasteiger partial charge in [-0.3, -0.25) is 4.79 Å². The van der Waals surface area contributed by atoms with E-state index in [1.54, 1.807) is 30.5 Å². The van der Waals surface area contributed by atoms with Crippen molar-refractivity contribution in [3.05, 3.63) is 45.2 Å². The summed E-state index contributed by atoms with van der Waals surface area (Å²) in [6.07, 6.45) is -2.51. The van der Waals surface area contributed by atoms with Gasteiger partial charge in [0.05, 0.1) is 5.41 Å². The zero-order chi connectivity index (χ0) is 26.2. The summed E-state index contributed by atoms with van der Waals surface area (Å²) in [4.78, 5) is 24.4. The lowest BCUT2D eigenvalue weighted by Gasteiger charge is -2.37. The molecule has 6 nitrogen and oxygen atoms in total. The molecular formula is C24H35F3N2O4S. The molecule has 0 radical (unpaired) electrons. The van der Waals surface area contributed by atoms with Gasteiger partial charge in [-0.2, -0.15) is 13.2 Å². The van der Waals surface area contributed by atoms with E-state index >= 15 is 0 Å². The largest absolute Gasteiger partial charge is 0.481 e. The van der Waals surface area contributed by atoms with Crippen molar-refractivity contribution in [1.29, 1.82) is 0 Å². The normalized spacial score (nSPS) is 18.8. The highest BCUT2D eigenvalue weighted by atomic mass is 32.1. The third-order valence-electron chi connectivity index (χ3n) is 5.21. The zero-order valence-electron chi connectivity index (χ0n) is 20.1. The van der Waals surface area contributed by atoms with Gasteiger partial charge in [-0.1, -0.05) is 32.9 Å². The molecular weight excluding hydrogens is 469 g/mol. The van der Waals surface area contributed by atoms with E-state index in [1.165, 1.54) is 11.3 Å². The lowest BCUT2D eigenvalue weighted by molar-refractivity contribution is -0.148. The van der Waals surface area contributed by atoms with Gasteiger partial charge in [-0.25, -0.2) is 4.79 Å². The summed E-state index contributed by atoms with van der Waals surface area (Å²) in [6.45, 7) is 9.08. The molecule has 1 unspecified atom stereocenters. The Morgan fingerprint density at radius 1 is 1.24 bits per heavy atom. The van der Waals surface area contributed by atoms with E-state index in [0.29, 0.717) is 37.2 Å². The molecule has 1 aliphatic rings. The number of aliphatic carboxylic acids is 2. The number of nitrogens with two attached hydrogens (primary N) is 1. The van der Waals surface area contributed by atoms with Gasteiger partial charge in [0.25, 0.3) is 0 Å². The van der Waals surface area contributed by atoms with Crippen LogP contribution in [0.2, 0.25) is 0 Å². The van der Waals surface area contributed by atoms with Crippen LogP contribution >= 0.6 is 11.3 Å². The molecule has 1 atom stereocenters. The van der Waals surface area contributed by atoms with Crippen molar-refractivity contribution in [3.8, 4) is 0 Å². The topological polar surface area (TPSA) is 113 Å². The number of hydrogen-bond acceptors (Lipinski definition) is 5. The van der Waals surface area contributed by atoms with E-state index in [0.717, 1.165) is 4.88 Å². The molecule has 5 N–H and O–H groups in total. The van der Waals surface area contributed by atoms with Crippen molar-refractivity contribution in [2.45, 2.75) is 59.6 Å². The van der Waals surface area contributed by atoms with Gasteiger partial charge in [-0.15, -0.1) is 11.3 Å². The first-order valence-electron chi connectivity index (χ1n) is 11.0. The average molecular weight is 505 g/mol. The fourth-order valence-corrected chi connectivity index (χ4v) is 4.68. The summed E-state index contributed by atoms with van der Waals surface area (Å²) in [5.74, 6) is -2.03. The van der Waals surface area contributed by atoms with Crippen LogP contribution < -0.4 is 11.1 Å². The van der Waals surface area contributed by atoms with Crippen LogP contribution in [0.5, 0.6) is 0 Å². The molecule has 1 aromatic heterocycles. The number of carboxylic acids is 2. The number of hydrogen-bond donors (Lipinski definition) is 4. The van der Waals surface area contributed by atoms with Crippen molar-refractivity contribution in [1.82, 2.24) is 5.32 Å². The second kappa shape index (κ2) is 12.5. The Morgan fingerprint density at radius 2 is 1.88 bits per heavy atom. The van der Waals surface area contributed by atoms with Gasteiger partial charge in [0.15, 0.2) is 0 Å². The number of aryl methyl sites for hydroxylation is 1. The van der Waals surface area contributed by atoms with E-state index in [2.05, 4.69) is 5.32 Å². The van der Waals surface area contributed by atoms with Gasteiger partial charge in [-0.05, 0) is 54.2 Å². The van der Waals surface area contributed by atoms with Crippen LogP contribution in [-0.2, 0) is 16.0 Å². The average Bonchev–Trinajstić information content (AvgIpc) is 3.20. The minimum atomic E-state index is -4.02. The minimum Gasteiger partial charge on any atom is -0.481 e. The third kappa shape index (κ3) is 9.99. The maximum absolute atomic E-state index is 11.9. The summed E-state index contributed by atoms with van der Waals surface area (Å²) < 4.78 is 35.0. The number of nitrogens with one attached hydrogen (secondary N) is 1. The van der Waals surface area contributed by atoms with Crippen molar-refractivity contribution in [2.75, 3.05) is 19.6 Å². The molecule has 192 valence electrons. The zero-order valence-corrected chi connectivity index (χ0v) is 20.9. The van der Waals surface area contributed by atoms with E-state index in [1.807, 2.05) is 20.8 Å². The molecule has 0 saturated carbocycles. The molecule has 0 fully saturated rings. The molecule has 10 heteroatoms. The molecule has 2 rings (SSSR count). The Morgan fingerprint density at radius 3 is 2.32 bits per heavy atom. The highest BCUT2D eigenvalue weighted by Crippen LogP contribution is 2.45. The second-order valence-electron chi connectivity index (χ2n) is 9.63. The van der Waals surface area contributed by atoms with Gasteiger partial charge in [0.2, 0.25) is 0 Å². The third-order valence-corrected chi connectivity index (χ3v) is 6.15. The lowest BCUT2D eigenvalue weighted by atomic mass is 9.66. The predicted molar refractivity (Wildman–Crippen MR) is 128 cm³/mol. The Labute approximate surface area is 202 Å². The first-order chi connectivity index (χ1) is 15.6. The molecule has 0 saturated heterocycles. The molecule has 34 heavy (non-hydrogen) atoms. The Kier molecular flexibility index (Phi) is 11.0. The van der Waals surface area contributed by atoms with E-state index in [-0.39, 0.29) is 23.8 Å². The maximum Gasteiger partial charge on any atom is 0.389 e. The Hall–Kier alpha value is -2.17. The monoisotopic (exact) mass is 504 g/mol. The van der Waals surface area contributed by atoms with Crippen molar-refractivity contribution >= 4 is 23.3 Å². The van der Waals surface area contributed by atoms with Gasteiger partial charge >= 0.3 is 18.1 Å². The van der Waals surface area contributed by atoms with Crippen LogP contribution in [-0.4, -0.2) is 48.0 Å². The van der Waals surface area contributed by atoms with E-state index in [9.17, 15) is 33.0 Å². The van der Waals surface area contributed by atoms with Gasteiger partial charge in [0, 0.05) is 36.5 Å². The van der Waals surface area contributed by atoms with Crippen LogP contribution in [0.1, 0.15) is 51.8 Å². The number of rotatable bonds is 9. The van der Waals surface area contributed by atoms with E-state index < -0.39 is 30.0 Å². The fraction of sp³-hybridized carbons (Fsp3) is 0.583. The standard InChI is InChI=1S/C17H28N2O4.C7H7F3S/c1-11-7-17(15(22)23,10-16(2,3)4)8-12(14(20)21)13(11)9-19-6-5-18;8-7(9,10)4-3-6-2-1-5-11-6/h7,19H,5-6,8-10,18H2,1-4H3,(H,20,21)(H,22,23);1-2,5H,3-4H2. The molecule has 1 aromatic rings. The SMILES string of the molecule is CC1=CC(CC(C)(C)C)(C(=O)O)CC(C(=O)O)=C1CNCCN.FC(F)(F)CCc1cccs1. The minimum absolute atomic E-state index is 0.00587. The summed E-state index contributed by atoms with van der Waals surface area (Å²) in [6, 6.07) is 3.48. The maximum atomic E-state index is 11.9. The molecule has 0 amide bonds. The van der Waals surface area contributed by atoms with Crippen LogP contribution in [0.15, 0.2) is 40.3 Å². The number of carbonyl (C=O) groups is 2. The Bertz CT molecular complexity index is 887. The van der Waals surface area contributed by atoms with Crippen molar-refractivity contribution in [3.63, 3.8) is 0 Å². The number of thiophene rings is 1. The van der Waals surface area contributed by atoms with Gasteiger partial charge in [0.1, 0.15) is 0 Å². The number of alkyl halides is 3. The number of carboxylic acid groups (broad SMARTS) is 2. The summed E-state index contributed by atoms with van der Waals surface area (Å²) in [5.41, 5.74) is 5.60. The second-order valence-corrected chi connectivity index (χ2v) is 10.7. The van der Waals surface area contributed by atoms with Crippen LogP contribution in [0.4, 0.5) is 13.2 Å². The number of halogens is 3. The lowest BCUT2D eigenvalue weighted by Crippen LogP contribution is -2.38. The van der Waals surface area contributed by atoms with Crippen LogP contribution in [0.25, 0.3) is 0 Å². The highest BCUT2D eigenvalue weighted by molar-refractivity contribution is 7.09. The highest BCUT2D eigenvalue weighted by Gasteiger charge is 2.44. The first-order valence-corrected chi connectivity index (χ1v) is 11.9. The molecule has 1 aliphatic carbocycles. The smallest absolute Gasteiger partial charge is 0.389 e. The molecule has 0 aromatic carbocycles. The van der Waals surface area contributed by atoms with Crippen LogP contribution in [0, 0.1) is 10.8 Å². The predicted octanol–water partition coefficient (Wildman–Crippen LogP) is 5.02. The molecule has 0 aliphatic heterocycles. The van der Waals surface area contributed by atoms with Crippen molar-refractivity contribution < 1.29 is 33.0 Å². The quantitative estimate of drug-likeness (QED) is 0.352. The van der Waals surface area contributed by atoms with E-state index in [4.69, 9.17) is 5.73 Å². The summed E-state index contributed by atoms with van der Waals surface area (Å²) in [5, 5.41) is 24.2. The fourth-order valence-electron chi connectivity index (χ4n) is 3.97. The first kappa shape index (κ1) is 29.9.